The largest absolute Gasteiger partial charge is 0.319 e. The molecular weight excluding hydrogens is 408 g/mol. The molecule has 1 aromatic heterocycles. The predicted octanol–water partition coefficient (Wildman–Crippen LogP) is 5.22. The fraction of sp³-hybridized carbons (Fsp3) is 0.111. The number of hydrogen-bond acceptors (Lipinski definition) is 2. The number of amides is 1. The van der Waals surface area contributed by atoms with E-state index in [9.17, 15) is 4.79 Å². The summed E-state index contributed by atoms with van der Waals surface area (Å²) in [6.07, 6.45) is 0. The second-order valence-corrected chi connectivity index (χ2v) is 7.81. The molecule has 0 aliphatic carbocycles. The SMILES string of the molecule is Cc1sc(=NC(=O)c2ccc(Cl)cc2)n(C)c1-c1ccc(Br)cc1. The summed E-state index contributed by atoms with van der Waals surface area (Å²) in [5.74, 6) is -0.272. The highest BCUT2D eigenvalue weighted by Gasteiger charge is 2.11. The summed E-state index contributed by atoms with van der Waals surface area (Å²) in [6, 6.07) is 14.8. The van der Waals surface area contributed by atoms with Crippen molar-refractivity contribution in [2.75, 3.05) is 0 Å². The minimum absolute atomic E-state index is 0.272. The van der Waals surface area contributed by atoms with Gasteiger partial charge in [-0.15, -0.1) is 11.3 Å². The number of halogens is 2. The molecule has 122 valence electrons. The molecule has 0 N–H and O–H groups in total. The van der Waals surface area contributed by atoms with Gasteiger partial charge in [0.25, 0.3) is 5.91 Å². The van der Waals surface area contributed by atoms with Crippen molar-refractivity contribution in [3.63, 3.8) is 0 Å². The van der Waals surface area contributed by atoms with Crippen LogP contribution in [0.4, 0.5) is 0 Å². The lowest BCUT2D eigenvalue weighted by molar-refractivity contribution is 0.0998. The van der Waals surface area contributed by atoms with E-state index in [4.69, 9.17) is 11.6 Å². The summed E-state index contributed by atoms with van der Waals surface area (Å²) in [5.41, 5.74) is 2.68. The van der Waals surface area contributed by atoms with Gasteiger partial charge < -0.3 is 4.57 Å². The van der Waals surface area contributed by atoms with Gasteiger partial charge in [0, 0.05) is 27.0 Å². The molecule has 0 fully saturated rings. The van der Waals surface area contributed by atoms with E-state index in [0.29, 0.717) is 15.4 Å². The fourth-order valence-electron chi connectivity index (χ4n) is 2.43. The lowest BCUT2D eigenvalue weighted by Gasteiger charge is -2.04. The molecule has 24 heavy (non-hydrogen) atoms. The average Bonchev–Trinajstić information content (AvgIpc) is 2.83. The van der Waals surface area contributed by atoms with Gasteiger partial charge in [-0.1, -0.05) is 39.7 Å². The second kappa shape index (κ2) is 7.05. The van der Waals surface area contributed by atoms with Crippen LogP contribution in [0.5, 0.6) is 0 Å². The van der Waals surface area contributed by atoms with Crippen molar-refractivity contribution < 1.29 is 4.79 Å². The van der Waals surface area contributed by atoms with Gasteiger partial charge in [0.1, 0.15) is 0 Å². The van der Waals surface area contributed by atoms with Crippen molar-refractivity contribution in [3.8, 4) is 11.3 Å². The monoisotopic (exact) mass is 420 g/mol. The minimum atomic E-state index is -0.272. The van der Waals surface area contributed by atoms with E-state index in [-0.39, 0.29) is 5.91 Å². The number of benzene rings is 2. The van der Waals surface area contributed by atoms with Crippen LogP contribution in [-0.4, -0.2) is 10.5 Å². The van der Waals surface area contributed by atoms with Gasteiger partial charge >= 0.3 is 0 Å². The zero-order valence-electron chi connectivity index (χ0n) is 13.1. The number of hydrogen-bond donors (Lipinski definition) is 0. The van der Waals surface area contributed by atoms with Crippen molar-refractivity contribution in [3.05, 3.63) is 73.3 Å². The van der Waals surface area contributed by atoms with Gasteiger partial charge in [0.2, 0.25) is 0 Å². The van der Waals surface area contributed by atoms with Crippen LogP contribution in [-0.2, 0) is 7.05 Å². The van der Waals surface area contributed by atoms with Crippen molar-refractivity contribution in [2.24, 2.45) is 12.0 Å². The molecule has 0 aliphatic rings. The first-order valence-corrected chi connectivity index (χ1v) is 9.21. The molecule has 6 heteroatoms. The third kappa shape index (κ3) is 3.53. The number of carbonyl (C=O) groups is 1. The molecule has 0 unspecified atom stereocenters. The van der Waals surface area contributed by atoms with Gasteiger partial charge in [-0.05, 0) is 48.9 Å². The Hall–Kier alpha value is -1.69. The Labute approximate surface area is 157 Å². The molecule has 0 atom stereocenters. The Kier molecular flexibility index (Phi) is 5.04. The van der Waals surface area contributed by atoms with E-state index in [1.807, 2.05) is 42.8 Å². The van der Waals surface area contributed by atoms with Crippen LogP contribution in [0.3, 0.4) is 0 Å². The molecule has 1 heterocycles. The van der Waals surface area contributed by atoms with Crippen molar-refractivity contribution >= 4 is 44.8 Å². The van der Waals surface area contributed by atoms with Crippen LogP contribution >= 0.6 is 38.9 Å². The van der Waals surface area contributed by atoms with Crippen LogP contribution in [0, 0.1) is 6.92 Å². The van der Waals surface area contributed by atoms with Gasteiger partial charge in [0.15, 0.2) is 4.80 Å². The van der Waals surface area contributed by atoms with Crippen LogP contribution in [0.1, 0.15) is 15.2 Å². The summed E-state index contributed by atoms with van der Waals surface area (Å²) in [6.45, 7) is 2.04. The smallest absolute Gasteiger partial charge is 0.279 e. The highest BCUT2D eigenvalue weighted by Crippen LogP contribution is 2.26. The standard InChI is InChI=1S/C18H14BrClN2OS/c1-11-16(12-3-7-14(19)8-4-12)22(2)18(24-11)21-17(23)13-5-9-15(20)10-6-13/h3-10H,1-2H3. The predicted molar refractivity (Wildman–Crippen MR) is 103 cm³/mol. The molecule has 0 spiro atoms. The molecule has 3 aromatic rings. The van der Waals surface area contributed by atoms with Gasteiger partial charge in [-0.25, -0.2) is 0 Å². The normalized spacial score (nSPS) is 11.8. The fourth-order valence-corrected chi connectivity index (χ4v) is 3.80. The minimum Gasteiger partial charge on any atom is -0.319 e. The molecule has 0 aliphatic heterocycles. The second-order valence-electron chi connectivity index (χ2n) is 5.28. The highest BCUT2D eigenvalue weighted by atomic mass is 79.9. The third-order valence-corrected chi connectivity index (χ3v) is 5.43. The number of aryl methyl sites for hydroxylation is 1. The van der Waals surface area contributed by atoms with E-state index in [1.54, 1.807) is 24.3 Å². The first-order valence-electron chi connectivity index (χ1n) is 7.22. The topological polar surface area (TPSA) is 34.4 Å². The van der Waals surface area contributed by atoms with Gasteiger partial charge in [0.05, 0.1) is 5.69 Å². The molecule has 0 saturated carbocycles. The maximum atomic E-state index is 12.4. The highest BCUT2D eigenvalue weighted by molar-refractivity contribution is 9.10. The number of nitrogens with zero attached hydrogens (tertiary/aromatic N) is 2. The molecule has 2 aromatic carbocycles. The van der Waals surface area contributed by atoms with Crippen molar-refractivity contribution in [2.45, 2.75) is 6.92 Å². The van der Waals surface area contributed by atoms with E-state index in [2.05, 4.69) is 20.9 Å². The number of rotatable bonds is 2. The quantitative estimate of drug-likeness (QED) is 0.558. The zero-order chi connectivity index (χ0) is 17.3. The van der Waals surface area contributed by atoms with E-state index in [0.717, 1.165) is 20.6 Å². The van der Waals surface area contributed by atoms with E-state index >= 15 is 0 Å². The summed E-state index contributed by atoms with van der Waals surface area (Å²) >= 11 is 10.8. The first kappa shape index (κ1) is 17.1. The Morgan fingerprint density at radius 2 is 1.75 bits per heavy atom. The lowest BCUT2D eigenvalue weighted by atomic mass is 10.1. The summed E-state index contributed by atoms with van der Waals surface area (Å²) in [5, 5.41) is 0.599. The molecule has 3 rings (SSSR count). The van der Waals surface area contributed by atoms with Crippen LogP contribution in [0.15, 0.2) is 58.0 Å². The number of thiazole rings is 1. The first-order chi connectivity index (χ1) is 11.5. The Balaban J connectivity index is 2.03. The summed E-state index contributed by atoms with van der Waals surface area (Å²) in [4.78, 5) is 18.4. The molecule has 0 bridgehead atoms. The number of aromatic nitrogens is 1. The summed E-state index contributed by atoms with van der Waals surface area (Å²) < 4.78 is 2.99. The number of carbonyl (C=O) groups excluding carboxylic acids is 1. The molecular formula is C18H14BrClN2OS. The van der Waals surface area contributed by atoms with Crippen LogP contribution < -0.4 is 4.80 Å². The van der Waals surface area contributed by atoms with Crippen molar-refractivity contribution in [1.82, 2.24) is 4.57 Å². The van der Waals surface area contributed by atoms with Crippen LogP contribution in [0.2, 0.25) is 5.02 Å². The van der Waals surface area contributed by atoms with Crippen LogP contribution in [0.25, 0.3) is 11.3 Å². The van der Waals surface area contributed by atoms with Crippen molar-refractivity contribution in [1.29, 1.82) is 0 Å². The molecule has 3 nitrogen and oxygen atoms in total. The lowest BCUT2D eigenvalue weighted by Crippen LogP contribution is -2.14. The molecule has 0 saturated heterocycles. The molecule has 0 radical (unpaired) electrons. The zero-order valence-corrected chi connectivity index (χ0v) is 16.2. The average molecular weight is 422 g/mol. The van der Waals surface area contributed by atoms with Gasteiger partial charge in [-0.2, -0.15) is 4.99 Å². The Bertz CT molecular complexity index is 956. The third-order valence-electron chi connectivity index (χ3n) is 3.61. The molecule has 1 amide bonds. The Morgan fingerprint density at radius 1 is 1.12 bits per heavy atom. The van der Waals surface area contributed by atoms with Gasteiger partial charge in [-0.3, -0.25) is 4.79 Å². The van der Waals surface area contributed by atoms with E-state index < -0.39 is 0 Å². The maximum absolute atomic E-state index is 12.4. The maximum Gasteiger partial charge on any atom is 0.279 e. The van der Waals surface area contributed by atoms with E-state index in [1.165, 1.54) is 11.3 Å². The summed E-state index contributed by atoms with van der Waals surface area (Å²) in [7, 11) is 1.93. The Morgan fingerprint density at radius 3 is 2.38 bits per heavy atom.